The molecule has 6 heteroatoms. The molecule has 0 saturated heterocycles. The lowest BCUT2D eigenvalue weighted by Gasteiger charge is -2.32. The number of hydrogen-bond donors (Lipinski definition) is 1. The number of quaternary nitrogens is 1. The van der Waals surface area contributed by atoms with Crippen LogP contribution in [0.1, 0.15) is 32.7 Å². The number of fused-ring (bicyclic) bond motifs is 2. The summed E-state index contributed by atoms with van der Waals surface area (Å²) in [6, 6.07) is 14.5. The van der Waals surface area contributed by atoms with Crippen LogP contribution in [0, 0.1) is 6.92 Å². The molecule has 4 aromatic heterocycles. The third-order valence-corrected chi connectivity index (χ3v) is 7.28. The molecule has 0 aromatic carbocycles. The van der Waals surface area contributed by atoms with Crippen molar-refractivity contribution in [3.63, 3.8) is 0 Å². The zero-order valence-corrected chi connectivity index (χ0v) is 16.6. The van der Waals surface area contributed by atoms with E-state index in [4.69, 9.17) is 4.98 Å². The molecule has 0 saturated carbocycles. The molecule has 0 radical (unpaired) electrons. The first-order chi connectivity index (χ1) is 13.2. The molecule has 0 bridgehead atoms. The van der Waals surface area contributed by atoms with Gasteiger partial charge in [-0.15, -0.1) is 22.7 Å². The first-order valence-electron chi connectivity index (χ1n) is 9.13. The van der Waals surface area contributed by atoms with E-state index in [-0.39, 0.29) is 5.56 Å². The van der Waals surface area contributed by atoms with Crippen molar-refractivity contribution < 1.29 is 4.90 Å². The van der Waals surface area contributed by atoms with Gasteiger partial charge in [0.25, 0.3) is 5.56 Å². The highest BCUT2D eigenvalue weighted by Gasteiger charge is 2.34. The molecule has 1 unspecified atom stereocenters. The number of nitrogens with one attached hydrogen (secondary N) is 1. The van der Waals surface area contributed by atoms with Crippen molar-refractivity contribution in [2.24, 2.45) is 0 Å². The molecule has 5 heterocycles. The topological polar surface area (TPSA) is 38.8 Å². The van der Waals surface area contributed by atoms with Gasteiger partial charge in [-0.2, -0.15) is 0 Å². The molecule has 1 aliphatic heterocycles. The number of hydrogen-bond acceptors (Lipinski definition) is 4. The van der Waals surface area contributed by atoms with Gasteiger partial charge in [-0.3, -0.25) is 9.20 Å². The molecule has 4 aromatic rings. The van der Waals surface area contributed by atoms with Crippen molar-refractivity contribution in [3.05, 3.63) is 90.3 Å². The maximum absolute atomic E-state index is 12.6. The van der Waals surface area contributed by atoms with Crippen molar-refractivity contribution >= 4 is 28.3 Å². The minimum atomic E-state index is 0.00778. The van der Waals surface area contributed by atoms with E-state index in [2.05, 4.69) is 29.0 Å². The first-order valence-corrected chi connectivity index (χ1v) is 10.9. The summed E-state index contributed by atoms with van der Waals surface area (Å²) < 4.78 is 1.68. The number of nitrogens with zero attached hydrogens (tertiary/aromatic N) is 2. The fourth-order valence-electron chi connectivity index (χ4n) is 4.14. The summed E-state index contributed by atoms with van der Waals surface area (Å²) in [4.78, 5) is 21.8. The number of aromatic nitrogens is 2. The van der Waals surface area contributed by atoms with Gasteiger partial charge < -0.3 is 4.90 Å². The third-order valence-electron chi connectivity index (χ3n) is 5.34. The Kier molecular flexibility index (Phi) is 4.19. The predicted octanol–water partition coefficient (Wildman–Crippen LogP) is 2.86. The second-order valence-corrected chi connectivity index (χ2v) is 9.01. The van der Waals surface area contributed by atoms with Crippen LogP contribution in [0.2, 0.25) is 0 Å². The SMILES string of the molecule is Cc1cccc2nc(C[NH+]3CCc4sccc4[C@@H]3c3cccs3)cc(=O)n12. The standard InChI is InChI=1S/C21H19N3OS2/c1-14-4-2-6-19-22-15(12-20(25)24(14)19)13-23-9-7-17-16(8-11-27-17)21(23)18-5-3-10-26-18/h2-6,8,10-12,21H,7,9,13H2,1H3/p+1/t21-/m1/s1. The van der Waals surface area contributed by atoms with Crippen LogP contribution in [-0.4, -0.2) is 15.9 Å². The Morgan fingerprint density at radius 1 is 1.19 bits per heavy atom. The fourth-order valence-corrected chi connectivity index (χ4v) is 5.96. The van der Waals surface area contributed by atoms with Gasteiger partial charge in [0, 0.05) is 28.6 Å². The van der Waals surface area contributed by atoms with Gasteiger partial charge in [0.15, 0.2) is 0 Å². The lowest BCUT2D eigenvalue weighted by molar-refractivity contribution is -0.941. The Hall–Kier alpha value is -2.28. The van der Waals surface area contributed by atoms with Crippen LogP contribution in [0.3, 0.4) is 0 Å². The van der Waals surface area contributed by atoms with Crippen LogP contribution in [0.25, 0.3) is 5.65 Å². The van der Waals surface area contributed by atoms with Crippen molar-refractivity contribution in [1.82, 2.24) is 9.38 Å². The highest BCUT2D eigenvalue weighted by atomic mass is 32.1. The molecule has 0 amide bonds. The van der Waals surface area contributed by atoms with Gasteiger partial charge >= 0.3 is 0 Å². The second-order valence-electron chi connectivity index (χ2n) is 7.03. The van der Waals surface area contributed by atoms with Crippen LogP contribution in [0.15, 0.2) is 58.0 Å². The lowest BCUT2D eigenvalue weighted by atomic mass is 9.98. The van der Waals surface area contributed by atoms with E-state index in [0.717, 1.165) is 36.5 Å². The normalized spacial score (nSPS) is 19.3. The van der Waals surface area contributed by atoms with E-state index in [1.54, 1.807) is 10.5 Å². The lowest BCUT2D eigenvalue weighted by Crippen LogP contribution is -3.12. The first kappa shape index (κ1) is 16.9. The molecule has 0 spiro atoms. The molecule has 0 aliphatic carbocycles. The smallest absolute Gasteiger partial charge is 0.258 e. The summed E-state index contributed by atoms with van der Waals surface area (Å²) in [5.74, 6) is 0. The molecule has 27 heavy (non-hydrogen) atoms. The average molecular weight is 395 g/mol. The van der Waals surface area contributed by atoms with Gasteiger partial charge in [-0.1, -0.05) is 12.1 Å². The number of pyridine rings is 1. The second kappa shape index (κ2) is 6.71. The summed E-state index contributed by atoms with van der Waals surface area (Å²) in [6.45, 7) is 3.76. The third kappa shape index (κ3) is 2.94. The monoisotopic (exact) mass is 394 g/mol. The van der Waals surface area contributed by atoms with E-state index < -0.39 is 0 Å². The summed E-state index contributed by atoms with van der Waals surface area (Å²) in [5, 5.41) is 4.36. The van der Waals surface area contributed by atoms with Gasteiger partial charge in [0.1, 0.15) is 23.9 Å². The molecule has 2 atom stereocenters. The molecule has 0 fully saturated rings. The van der Waals surface area contributed by atoms with Gasteiger partial charge in [-0.05, 0) is 41.9 Å². The Morgan fingerprint density at radius 3 is 2.96 bits per heavy atom. The quantitative estimate of drug-likeness (QED) is 0.580. The molecular formula is C21H20N3OS2+. The van der Waals surface area contributed by atoms with Crippen LogP contribution in [0.5, 0.6) is 0 Å². The Labute approximate surface area is 165 Å². The minimum Gasteiger partial charge on any atom is -0.319 e. The molecular weight excluding hydrogens is 374 g/mol. The van der Waals surface area contributed by atoms with Crippen LogP contribution >= 0.6 is 22.7 Å². The molecule has 1 aliphatic rings. The van der Waals surface area contributed by atoms with E-state index >= 15 is 0 Å². The number of aryl methyl sites for hydroxylation is 1. The summed E-state index contributed by atoms with van der Waals surface area (Å²) in [5.41, 5.74) is 3.98. The zero-order chi connectivity index (χ0) is 18.4. The Bertz CT molecular complexity index is 1160. The summed E-state index contributed by atoms with van der Waals surface area (Å²) in [6.07, 6.45) is 1.09. The van der Waals surface area contributed by atoms with Gasteiger partial charge in [-0.25, -0.2) is 4.98 Å². The van der Waals surface area contributed by atoms with E-state index in [1.165, 1.54) is 20.2 Å². The molecule has 1 N–H and O–H groups in total. The minimum absolute atomic E-state index is 0.00778. The van der Waals surface area contributed by atoms with Crippen LogP contribution < -0.4 is 10.5 Å². The summed E-state index contributed by atoms with van der Waals surface area (Å²) in [7, 11) is 0. The highest BCUT2D eigenvalue weighted by Crippen LogP contribution is 2.31. The van der Waals surface area contributed by atoms with E-state index in [1.807, 2.05) is 47.8 Å². The van der Waals surface area contributed by atoms with Crippen molar-refractivity contribution in [2.45, 2.75) is 25.9 Å². The molecule has 5 rings (SSSR count). The van der Waals surface area contributed by atoms with Crippen molar-refractivity contribution in [2.75, 3.05) is 6.54 Å². The largest absolute Gasteiger partial charge is 0.319 e. The molecule has 136 valence electrons. The van der Waals surface area contributed by atoms with Crippen molar-refractivity contribution in [3.8, 4) is 0 Å². The average Bonchev–Trinajstić information content (AvgIpc) is 3.33. The Morgan fingerprint density at radius 2 is 2.11 bits per heavy atom. The van der Waals surface area contributed by atoms with Crippen LogP contribution in [-0.2, 0) is 13.0 Å². The van der Waals surface area contributed by atoms with Gasteiger partial charge in [0.2, 0.25) is 0 Å². The Balaban J connectivity index is 1.55. The van der Waals surface area contributed by atoms with Crippen molar-refractivity contribution in [1.29, 1.82) is 0 Å². The van der Waals surface area contributed by atoms with E-state index in [0.29, 0.717) is 6.04 Å². The maximum Gasteiger partial charge on any atom is 0.258 e. The highest BCUT2D eigenvalue weighted by molar-refractivity contribution is 7.10. The van der Waals surface area contributed by atoms with E-state index in [9.17, 15) is 4.79 Å². The predicted molar refractivity (Wildman–Crippen MR) is 110 cm³/mol. The summed E-state index contributed by atoms with van der Waals surface area (Å²) >= 11 is 3.68. The number of rotatable bonds is 3. The van der Waals surface area contributed by atoms with Gasteiger partial charge in [0.05, 0.1) is 11.4 Å². The molecule has 4 nitrogen and oxygen atoms in total. The fraction of sp³-hybridized carbons (Fsp3) is 0.238. The maximum atomic E-state index is 12.6. The zero-order valence-electron chi connectivity index (χ0n) is 15.0. The number of thiophene rings is 2. The van der Waals surface area contributed by atoms with Crippen LogP contribution in [0.4, 0.5) is 0 Å².